The van der Waals surface area contributed by atoms with Crippen LogP contribution in [0.25, 0.3) is 22.2 Å². The SMILES string of the molecule is CCOCCn1c(CN[C@@H](C)C(N)=O)nc2cc(F)c(-c3ccc(C)c(F)c3)cc21. The Kier molecular flexibility index (Phi) is 6.79. The third-order valence-corrected chi connectivity index (χ3v) is 5.06. The van der Waals surface area contributed by atoms with Crippen LogP contribution in [0.5, 0.6) is 0 Å². The molecule has 0 bridgehead atoms. The van der Waals surface area contributed by atoms with Crippen molar-refractivity contribution in [3.63, 3.8) is 0 Å². The Labute approximate surface area is 174 Å². The van der Waals surface area contributed by atoms with Crippen LogP contribution < -0.4 is 11.1 Å². The van der Waals surface area contributed by atoms with E-state index in [4.69, 9.17) is 10.5 Å². The third kappa shape index (κ3) is 4.66. The summed E-state index contributed by atoms with van der Waals surface area (Å²) >= 11 is 0. The number of halogens is 2. The first kappa shape index (κ1) is 21.9. The largest absolute Gasteiger partial charge is 0.380 e. The zero-order chi connectivity index (χ0) is 21.8. The summed E-state index contributed by atoms with van der Waals surface area (Å²) in [6, 6.07) is 7.14. The minimum atomic E-state index is -0.534. The number of carbonyl (C=O) groups is 1. The van der Waals surface area contributed by atoms with E-state index in [-0.39, 0.29) is 12.4 Å². The highest BCUT2D eigenvalue weighted by Gasteiger charge is 2.17. The molecule has 6 nitrogen and oxygen atoms in total. The van der Waals surface area contributed by atoms with E-state index in [2.05, 4.69) is 10.3 Å². The Bertz CT molecular complexity index is 1060. The van der Waals surface area contributed by atoms with Gasteiger partial charge in [0.2, 0.25) is 5.91 Å². The Morgan fingerprint density at radius 3 is 2.70 bits per heavy atom. The number of hydrogen-bond donors (Lipinski definition) is 2. The van der Waals surface area contributed by atoms with Crippen LogP contribution in [0.15, 0.2) is 30.3 Å². The Morgan fingerprint density at radius 1 is 1.27 bits per heavy atom. The lowest BCUT2D eigenvalue weighted by Crippen LogP contribution is -2.38. The topological polar surface area (TPSA) is 82.2 Å². The fourth-order valence-electron chi connectivity index (χ4n) is 3.21. The minimum absolute atomic E-state index is 0.279. The van der Waals surface area contributed by atoms with Gasteiger partial charge in [-0.15, -0.1) is 0 Å². The maximum Gasteiger partial charge on any atom is 0.234 e. The molecule has 0 saturated heterocycles. The van der Waals surface area contributed by atoms with Crippen molar-refractivity contribution < 1.29 is 18.3 Å². The first-order chi connectivity index (χ1) is 14.3. The minimum Gasteiger partial charge on any atom is -0.380 e. The molecule has 8 heteroatoms. The van der Waals surface area contributed by atoms with Crippen LogP contribution in [0.2, 0.25) is 0 Å². The fraction of sp³-hybridized carbons (Fsp3) is 0.364. The molecule has 0 saturated carbocycles. The predicted octanol–water partition coefficient (Wildman–Crippen LogP) is 3.29. The van der Waals surface area contributed by atoms with Crippen LogP contribution in [-0.2, 0) is 22.6 Å². The van der Waals surface area contributed by atoms with Crippen LogP contribution in [0.3, 0.4) is 0 Å². The number of aryl methyl sites for hydroxylation is 1. The van der Waals surface area contributed by atoms with E-state index in [0.29, 0.717) is 53.3 Å². The van der Waals surface area contributed by atoms with Crippen molar-refractivity contribution in [2.75, 3.05) is 13.2 Å². The van der Waals surface area contributed by atoms with E-state index >= 15 is 0 Å². The average molecular weight is 416 g/mol. The maximum atomic E-state index is 14.8. The lowest BCUT2D eigenvalue weighted by molar-refractivity contribution is -0.119. The van der Waals surface area contributed by atoms with Gasteiger partial charge in [-0.1, -0.05) is 12.1 Å². The second-order valence-corrected chi connectivity index (χ2v) is 7.17. The molecule has 3 rings (SSSR count). The molecule has 2 aromatic carbocycles. The molecule has 0 unspecified atom stereocenters. The van der Waals surface area contributed by atoms with Crippen LogP contribution in [-0.4, -0.2) is 34.7 Å². The average Bonchev–Trinajstić information content (AvgIpc) is 3.04. The van der Waals surface area contributed by atoms with Crippen molar-refractivity contribution in [2.24, 2.45) is 5.73 Å². The van der Waals surface area contributed by atoms with Gasteiger partial charge in [0, 0.05) is 24.8 Å². The highest BCUT2D eigenvalue weighted by molar-refractivity contribution is 5.83. The van der Waals surface area contributed by atoms with Gasteiger partial charge in [0.05, 0.1) is 30.2 Å². The number of amides is 1. The summed E-state index contributed by atoms with van der Waals surface area (Å²) in [5.74, 6) is -0.710. The Balaban J connectivity index is 2.05. The molecule has 0 aliphatic carbocycles. The maximum absolute atomic E-state index is 14.8. The van der Waals surface area contributed by atoms with Gasteiger partial charge < -0.3 is 15.0 Å². The van der Waals surface area contributed by atoms with Gasteiger partial charge in [-0.25, -0.2) is 13.8 Å². The molecular formula is C22H26F2N4O2. The van der Waals surface area contributed by atoms with Crippen molar-refractivity contribution >= 4 is 16.9 Å². The molecular weight excluding hydrogens is 390 g/mol. The number of aromatic nitrogens is 2. The molecule has 0 radical (unpaired) electrons. The van der Waals surface area contributed by atoms with Gasteiger partial charge >= 0.3 is 0 Å². The summed E-state index contributed by atoms with van der Waals surface area (Å²) < 4.78 is 36.3. The van der Waals surface area contributed by atoms with E-state index in [0.717, 1.165) is 0 Å². The van der Waals surface area contributed by atoms with E-state index in [1.165, 1.54) is 12.1 Å². The molecule has 3 N–H and O–H groups in total. The van der Waals surface area contributed by atoms with Crippen LogP contribution in [0.1, 0.15) is 25.2 Å². The van der Waals surface area contributed by atoms with Gasteiger partial charge in [-0.2, -0.15) is 0 Å². The lowest BCUT2D eigenvalue weighted by atomic mass is 10.0. The standard InChI is InChI=1S/C22H26F2N4O2/c1-4-30-8-7-28-20-10-16(15-6-5-13(2)17(23)9-15)18(24)11-19(20)27-21(28)12-26-14(3)22(25)29/h5-6,9-11,14,26H,4,7-8,12H2,1-3H3,(H2,25,29)/t14-/m0/s1. The van der Waals surface area contributed by atoms with E-state index in [1.807, 2.05) is 11.5 Å². The number of nitrogens with two attached hydrogens (primary N) is 1. The van der Waals surface area contributed by atoms with Crippen molar-refractivity contribution in [3.8, 4) is 11.1 Å². The van der Waals surface area contributed by atoms with Crippen molar-refractivity contribution in [1.82, 2.24) is 14.9 Å². The molecule has 30 heavy (non-hydrogen) atoms. The van der Waals surface area contributed by atoms with Crippen LogP contribution in [0.4, 0.5) is 8.78 Å². The molecule has 1 aromatic heterocycles. The predicted molar refractivity (Wildman–Crippen MR) is 112 cm³/mol. The molecule has 0 fully saturated rings. The molecule has 0 aliphatic heterocycles. The van der Waals surface area contributed by atoms with Gasteiger partial charge in [0.15, 0.2) is 0 Å². The zero-order valence-electron chi connectivity index (χ0n) is 17.3. The van der Waals surface area contributed by atoms with Crippen LogP contribution in [0, 0.1) is 18.6 Å². The number of rotatable bonds is 9. The first-order valence-corrected chi connectivity index (χ1v) is 9.87. The quantitative estimate of drug-likeness (QED) is 0.525. The van der Waals surface area contributed by atoms with Gasteiger partial charge in [0.25, 0.3) is 0 Å². The van der Waals surface area contributed by atoms with E-state index < -0.39 is 17.8 Å². The number of nitrogens with one attached hydrogen (secondary N) is 1. The molecule has 1 amide bonds. The van der Waals surface area contributed by atoms with Crippen LogP contribution >= 0.6 is 0 Å². The number of ether oxygens (including phenoxy) is 1. The van der Waals surface area contributed by atoms with Crippen molar-refractivity contribution in [3.05, 3.63) is 53.4 Å². The first-order valence-electron chi connectivity index (χ1n) is 9.87. The summed E-state index contributed by atoms with van der Waals surface area (Å²) in [6.07, 6.45) is 0. The highest BCUT2D eigenvalue weighted by Crippen LogP contribution is 2.29. The highest BCUT2D eigenvalue weighted by atomic mass is 19.1. The number of hydrogen-bond acceptors (Lipinski definition) is 4. The summed E-state index contributed by atoms with van der Waals surface area (Å²) in [5, 5.41) is 3.02. The molecule has 0 aliphatic rings. The van der Waals surface area contributed by atoms with Crippen molar-refractivity contribution in [2.45, 2.75) is 39.9 Å². The Hall–Kier alpha value is -2.84. The number of benzene rings is 2. The van der Waals surface area contributed by atoms with Gasteiger partial charge in [-0.3, -0.25) is 10.1 Å². The summed E-state index contributed by atoms with van der Waals surface area (Å²) in [6.45, 7) is 7.03. The number of imidazole rings is 1. The zero-order valence-corrected chi connectivity index (χ0v) is 17.3. The number of primary amides is 1. The molecule has 1 atom stereocenters. The normalized spacial score (nSPS) is 12.4. The smallest absolute Gasteiger partial charge is 0.234 e. The number of fused-ring (bicyclic) bond motifs is 1. The van der Waals surface area contributed by atoms with Gasteiger partial charge in [0.1, 0.15) is 17.5 Å². The Morgan fingerprint density at radius 2 is 2.03 bits per heavy atom. The summed E-state index contributed by atoms with van der Waals surface area (Å²) in [7, 11) is 0. The fourth-order valence-corrected chi connectivity index (χ4v) is 3.21. The van der Waals surface area contributed by atoms with E-state index in [1.54, 1.807) is 32.0 Å². The second kappa shape index (κ2) is 9.32. The molecule has 0 spiro atoms. The molecule has 1 heterocycles. The van der Waals surface area contributed by atoms with Gasteiger partial charge in [-0.05, 0) is 44.0 Å². The second-order valence-electron chi connectivity index (χ2n) is 7.17. The monoisotopic (exact) mass is 416 g/mol. The number of carbonyl (C=O) groups excluding carboxylic acids is 1. The summed E-state index contributed by atoms with van der Waals surface area (Å²) in [4.78, 5) is 15.8. The molecule has 3 aromatic rings. The lowest BCUT2D eigenvalue weighted by Gasteiger charge is -2.13. The van der Waals surface area contributed by atoms with E-state index in [9.17, 15) is 13.6 Å². The molecule has 160 valence electrons. The summed E-state index contributed by atoms with van der Waals surface area (Å²) in [5.41, 5.74) is 7.74. The number of nitrogens with zero attached hydrogens (tertiary/aromatic N) is 2. The third-order valence-electron chi connectivity index (χ3n) is 5.06. The van der Waals surface area contributed by atoms with Crippen molar-refractivity contribution in [1.29, 1.82) is 0 Å².